The van der Waals surface area contributed by atoms with Crippen LogP contribution >= 0.6 is 0 Å². The molecule has 2 rings (SSSR count). The summed E-state index contributed by atoms with van der Waals surface area (Å²) in [5, 5.41) is 10.4. The van der Waals surface area contributed by atoms with Gasteiger partial charge in [-0.05, 0) is 52.7 Å². The first-order valence-electron chi connectivity index (χ1n) is 7.74. The van der Waals surface area contributed by atoms with E-state index in [1.54, 1.807) is 6.07 Å². The number of carbonyl (C=O) groups is 1. The molecule has 1 aliphatic rings. The molecule has 1 aliphatic heterocycles. The van der Waals surface area contributed by atoms with Crippen molar-refractivity contribution in [1.29, 1.82) is 0 Å². The van der Waals surface area contributed by atoms with Crippen molar-refractivity contribution in [3.05, 3.63) is 34.9 Å². The average Bonchev–Trinajstić information content (AvgIpc) is 2.45. The van der Waals surface area contributed by atoms with Gasteiger partial charge in [0.05, 0.1) is 12.7 Å². The maximum Gasteiger partial charge on any atom is 0.167 e. The number of carbonyl (C=O) groups excluding carboxylic acids is 1. The number of ketones is 1. The number of phenolic OH excluding ortho intramolecular Hbond substituents is 1. The number of ether oxygens (including phenoxy) is 2. The highest BCUT2D eigenvalue weighted by molar-refractivity contribution is 6.01. The van der Waals surface area contributed by atoms with Crippen LogP contribution in [0.1, 0.15) is 56.5 Å². The van der Waals surface area contributed by atoms with Crippen LogP contribution in [0, 0.1) is 0 Å². The lowest BCUT2D eigenvalue weighted by Crippen LogP contribution is -2.31. The van der Waals surface area contributed by atoms with Crippen molar-refractivity contribution in [3.8, 4) is 17.2 Å². The lowest BCUT2D eigenvalue weighted by atomic mass is 9.93. The predicted octanol–water partition coefficient (Wildman–Crippen LogP) is 4.51. The molecule has 0 aromatic heterocycles. The normalized spacial score (nSPS) is 18.8. The van der Waals surface area contributed by atoms with E-state index >= 15 is 0 Å². The zero-order valence-corrected chi connectivity index (χ0v) is 14.4. The van der Waals surface area contributed by atoms with Crippen LogP contribution in [0.15, 0.2) is 23.8 Å². The highest BCUT2D eigenvalue weighted by Gasteiger charge is 2.30. The van der Waals surface area contributed by atoms with Gasteiger partial charge in [-0.15, -0.1) is 0 Å². The Labute approximate surface area is 137 Å². The summed E-state index contributed by atoms with van der Waals surface area (Å²) in [6, 6.07) is 1.68. The van der Waals surface area contributed by atoms with Crippen LogP contribution in [0.25, 0.3) is 6.08 Å². The number of allylic oxidation sites excluding steroid dienone is 2. The van der Waals surface area contributed by atoms with Crippen molar-refractivity contribution in [3.63, 3.8) is 0 Å². The van der Waals surface area contributed by atoms with Crippen molar-refractivity contribution in [1.82, 2.24) is 0 Å². The molecule has 0 radical (unpaired) electrons. The molecule has 4 heteroatoms. The highest BCUT2D eigenvalue weighted by Crippen LogP contribution is 2.44. The molecule has 1 aromatic carbocycles. The fourth-order valence-electron chi connectivity index (χ4n) is 2.71. The summed E-state index contributed by atoms with van der Waals surface area (Å²) in [5.41, 5.74) is 1.54. The molecule has 0 spiro atoms. The molecule has 0 amide bonds. The summed E-state index contributed by atoms with van der Waals surface area (Å²) in [6.45, 7) is 7.55. The van der Waals surface area contributed by atoms with E-state index < -0.39 is 5.60 Å². The van der Waals surface area contributed by atoms with Crippen LogP contribution in [0.2, 0.25) is 0 Å². The Morgan fingerprint density at radius 3 is 2.65 bits per heavy atom. The number of hydrogen-bond donors (Lipinski definition) is 1. The quantitative estimate of drug-likeness (QED) is 0.641. The maximum absolute atomic E-state index is 11.8. The first-order valence-corrected chi connectivity index (χ1v) is 7.74. The second kappa shape index (κ2) is 6.49. The minimum Gasteiger partial charge on any atom is -0.506 e. The number of Topliss-reactive ketones (excluding diaryl/α,β-unsaturated/α-hetero) is 1. The monoisotopic (exact) mass is 316 g/mol. The SMILES string of the molecule is COc1cc2c(c(O)c1C(C)=O)C=CC(C)(CCC=C(C)C)O2. The number of hydrogen-bond acceptors (Lipinski definition) is 4. The molecule has 124 valence electrons. The van der Waals surface area contributed by atoms with Gasteiger partial charge in [0, 0.05) is 6.07 Å². The van der Waals surface area contributed by atoms with E-state index in [4.69, 9.17) is 9.47 Å². The van der Waals surface area contributed by atoms with Gasteiger partial charge in [-0.3, -0.25) is 4.79 Å². The maximum atomic E-state index is 11.8. The van der Waals surface area contributed by atoms with Crippen LogP contribution < -0.4 is 9.47 Å². The van der Waals surface area contributed by atoms with Crippen molar-refractivity contribution in [2.45, 2.75) is 46.1 Å². The average molecular weight is 316 g/mol. The van der Waals surface area contributed by atoms with Gasteiger partial charge in [-0.25, -0.2) is 0 Å². The van der Waals surface area contributed by atoms with E-state index in [1.165, 1.54) is 19.6 Å². The van der Waals surface area contributed by atoms with Crippen molar-refractivity contribution < 1.29 is 19.4 Å². The second-order valence-corrected chi connectivity index (χ2v) is 6.34. The number of benzene rings is 1. The van der Waals surface area contributed by atoms with Crippen molar-refractivity contribution in [2.75, 3.05) is 7.11 Å². The van der Waals surface area contributed by atoms with Crippen LogP contribution in [-0.4, -0.2) is 23.6 Å². The molecule has 4 nitrogen and oxygen atoms in total. The Morgan fingerprint density at radius 1 is 1.39 bits per heavy atom. The Hall–Kier alpha value is -2.23. The third kappa shape index (κ3) is 3.58. The molecular weight excluding hydrogens is 292 g/mol. The molecule has 0 fully saturated rings. The van der Waals surface area contributed by atoms with Gasteiger partial charge >= 0.3 is 0 Å². The fourth-order valence-corrected chi connectivity index (χ4v) is 2.71. The highest BCUT2D eigenvalue weighted by atomic mass is 16.5. The Balaban J connectivity index is 2.37. The smallest absolute Gasteiger partial charge is 0.167 e. The van der Waals surface area contributed by atoms with Gasteiger partial charge in [0.25, 0.3) is 0 Å². The van der Waals surface area contributed by atoms with Gasteiger partial charge in [-0.1, -0.05) is 11.6 Å². The van der Waals surface area contributed by atoms with E-state index in [9.17, 15) is 9.90 Å². The summed E-state index contributed by atoms with van der Waals surface area (Å²) < 4.78 is 11.3. The largest absolute Gasteiger partial charge is 0.506 e. The number of phenols is 1. The summed E-state index contributed by atoms with van der Waals surface area (Å²) in [4.78, 5) is 11.8. The third-order valence-electron chi connectivity index (χ3n) is 3.98. The number of methoxy groups -OCH3 is 1. The zero-order chi connectivity index (χ0) is 17.2. The molecule has 23 heavy (non-hydrogen) atoms. The number of aromatic hydroxyl groups is 1. The molecule has 1 unspecified atom stereocenters. The molecule has 1 N–H and O–H groups in total. The lowest BCUT2D eigenvalue weighted by Gasteiger charge is -2.32. The Kier molecular flexibility index (Phi) is 4.83. The van der Waals surface area contributed by atoms with Gasteiger partial charge in [0.15, 0.2) is 5.78 Å². The minimum atomic E-state index is -0.450. The molecule has 0 aliphatic carbocycles. The summed E-state index contributed by atoms with van der Waals surface area (Å²) in [5.74, 6) is 0.532. The van der Waals surface area contributed by atoms with E-state index in [-0.39, 0.29) is 17.1 Å². The fraction of sp³-hybridized carbons (Fsp3) is 0.421. The molecule has 1 atom stereocenters. The first kappa shape index (κ1) is 17.1. The Bertz CT molecular complexity index is 681. The third-order valence-corrected chi connectivity index (χ3v) is 3.98. The van der Waals surface area contributed by atoms with Crippen LogP contribution in [0.4, 0.5) is 0 Å². The molecule has 0 saturated heterocycles. The summed E-state index contributed by atoms with van der Waals surface area (Å²) in [7, 11) is 1.47. The minimum absolute atomic E-state index is 0.0885. The Morgan fingerprint density at radius 2 is 2.09 bits per heavy atom. The van der Waals surface area contributed by atoms with E-state index in [0.717, 1.165) is 12.8 Å². The first-order chi connectivity index (χ1) is 10.8. The van der Waals surface area contributed by atoms with Crippen LogP contribution in [0.3, 0.4) is 0 Å². The van der Waals surface area contributed by atoms with Crippen molar-refractivity contribution >= 4 is 11.9 Å². The molecule has 0 saturated carbocycles. The number of fused-ring (bicyclic) bond motifs is 1. The van der Waals surface area contributed by atoms with Gasteiger partial charge in [0.2, 0.25) is 0 Å². The van der Waals surface area contributed by atoms with Gasteiger partial charge < -0.3 is 14.6 Å². The molecular formula is C19H24O4. The van der Waals surface area contributed by atoms with E-state index in [1.807, 2.05) is 19.1 Å². The topological polar surface area (TPSA) is 55.8 Å². The zero-order valence-electron chi connectivity index (χ0n) is 14.4. The molecule has 1 heterocycles. The number of rotatable bonds is 5. The molecule has 0 bridgehead atoms. The summed E-state index contributed by atoms with van der Waals surface area (Å²) >= 11 is 0. The lowest BCUT2D eigenvalue weighted by molar-refractivity contribution is 0.101. The standard InChI is InChI=1S/C19H24O4/c1-12(2)7-6-9-19(4)10-8-14-15(23-19)11-16(22-5)17(13(3)20)18(14)21/h7-8,10-11,21H,6,9H2,1-5H3. The second-order valence-electron chi connectivity index (χ2n) is 6.34. The van der Waals surface area contributed by atoms with Gasteiger partial charge in [0.1, 0.15) is 28.4 Å². The van der Waals surface area contributed by atoms with Crippen molar-refractivity contribution in [2.24, 2.45) is 0 Å². The molecule has 1 aromatic rings. The predicted molar refractivity (Wildman–Crippen MR) is 91.4 cm³/mol. The van der Waals surface area contributed by atoms with E-state index in [2.05, 4.69) is 19.9 Å². The van der Waals surface area contributed by atoms with Gasteiger partial charge in [-0.2, -0.15) is 0 Å². The van der Waals surface area contributed by atoms with Crippen LogP contribution in [-0.2, 0) is 0 Å². The van der Waals surface area contributed by atoms with E-state index in [0.29, 0.717) is 17.1 Å². The summed E-state index contributed by atoms with van der Waals surface area (Å²) in [6.07, 6.45) is 7.67. The van der Waals surface area contributed by atoms with Crippen LogP contribution in [0.5, 0.6) is 17.2 Å².